The predicted molar refractivity (Wildman–Crippen MR) is 100.0 cm³/mol. The van der Waals surface area contributed by atoms with Crippen LogP contribution in [-0.4, -0.2) is 42.8 Å². The molecule has 0 saturated carbocycles. The Morgan fingerprint density at radius 3 is 2.21 bits per heavy atom. The zero-order valence-electron chi connectivity index (χ0n) is 15.3. The van der Waals surface area contributed by atoms with Crippen molar-refractivity contribution in [1.29, 1.82) is 0 Å². The molecule has 2 amide bonds. The lowest BCUT2D eigenvalue weighted by molar-refractivity contribution is -0.148. The Morgan fingerprint density at radius 1 is 1.00 bits per heavy atom. The fourth-order valence-electron chi connectivity index (χ4n) is 2.39. The molecule has 8 heteroatoms. The number of aliphatic hydroxyl groups excluding tert-OH is 1. The van der Waals surface area contributed by atoms with E-state index in [1.807, 2.05) is 18.2 Å². The van der Waals surface area contributed by atoms with Crippen LogP contribution in [0.1, 0.15) is 17.2 Å². The third-order valence-electron chi connectivity index (χ3n) is 3.83. The monoisotopic (exact) mass is 386 g/mol. The SMILES string of the molecule is COC(=O)[C@@H](NC(=O)CNC(=O)OCc1ccccc1)[C@H](O)c1ccccc1. The number of alkyl carbamates (subject to hydrolysis) is 1. The van der Waals surface area contributed by atoms with Gasteiger partial charge in [0.15, 0.2) is 6.04 Å². The zero-order chi connectivity index (χ0) is 20.4. The van der Waals surface area contributed by atoms with Gasteiger partial charge in [-0.2, -0.15) is 0 Å². The van der Waals surface area contributed by atoms with E-state index < -0.39 is 36.7 Å². The number of aliphatic hydroxyl groups is 1. The van der Waals surface area contributed by atoms with Crippen molar-refractivity contribution in [2.45, 2.75) is 18.8 Å². The fraction of sp³-hybridized carbons (Fsp3) is 0.250. The van der Waals surface area contributed by atoms with E-state index in [2.05, 4.69) is 15.4 Å². The standard InChI is InChI=1S/C20H22N2O6/c1-27-19(25)17(18(24)15-10-6-3-7-11-15)22-16(23)12-21-20(26)28-13-14-8-4-2-5-9-14/h2-11,17-18,24H,12-13H2,1H3,(H,21,26)(H,22,23)/t17-,18+/m0/s1. The molecule has 0 bridgehead atoms. The highest BCUT2D eigenvalue weighted by atomic mass is 16.5. The number of carbonyl (C=O) groups is 3. The molecule has 28 heavy (non-hydrogen) atoms. The molecular weight excluding hydrogens is 364 g/mol. The molecule has 0 unspecified atom stereocenters. The molecule has 0 saturated heterocycles. The van der Waals surface area contributed by atoms with Crippen LogP contribution in [0.3, 0.4) is 0 Å². The van der Waals surface area contributed by atoms with E-state index in [4.69, 9.17) is 4.74 Å². The number of methoxy groups -OCH3 is 1. The molecule has 0 aliphatic carbocycles. The number of esters is 1. The Bertz CT molecular complexity index is 782. The summed E-state index contributed by atoms with van der Waals surface area (Å²) >= 11 is 0. The average molecular weight is 386 g/mol. The van der Waals surface area contributed by atoms with Crippen molar-refractivity contribution in [3.63, 3.8) is 0 Å². The van der Waals surface area contributed by atoms with Gasteiger partial charge in [-0.25, -0.2) is 9.59 Å². The number of rotatable bonds is 8. The lowest BCUT2D eigenvalue weighted by Crippen LogP contribution is -2.49. The van der Waals surface area contributed by atoms with Crippen LogP contribution in [0.25, 0.3) is 0 Å². The van der Waals surface area contributed by atoms with E-state index in [9.17, 15) is 19.5 Å². The lowest BCUT2D eigenvalue weighted by atomic mass is 10.0. The van der Waals surface area contributed by atoms with Crippen LogP contribution in [0.15, 0.2) is 60.7 Å². The van der Waals surface area contributed by atoms with Gasteiger partial charge in [-0.1, -0.05) is 60.7 Å². The van der Waals surface area contributed by atoms with Crippen molar-refractivity contribution in [2.75, 3.05) is 13.7 Å². The highest BCUT2D eigenvalue weighted by molar-refractivity contribution is 5.87. The fourth-order valence-corrected chi connectivity index (χ4v) is 2.39. The zero-order valence-corrected chi connectivity index (χ0v) is 15.3. The van der Waals surface area contributed by atoms with Crippen LogP contribution < -0.4 is 10.6 Å². The van der Waals surface area contributed by atoms with E-state index >= 15 is 0 Å². The van der Waals surface area contributed by atoms with Crippen molar-refractivity contribution in [2.24, 2.45) is 0 Å². The van der Waals surface area contributed by atoms with Crippen LogP contribution in [0.4, 0.5) is 4.79 Å². The van der Waals surface area contributed by atoms with Gasteiger partial charge in [0, 0.05) is 0 Å². The number of ether oxygens (including phenoxy) is 2. The van der Waals surface area contributed by atoms with E-state index in [1.165, 1.54) is 0 Å². The molecule has 2 atom stereocenters. The maximum absolute atomic E-state index is 12.1. The second kappa shape index (κ2) is 10.7. The van der Waals surface area contributed by atoms with Crippen molar-refractivity contribution in [3.8, 4) is 0 Å². The van der Waals surface area contributed by atoms with Crippen molar-refractivity contribution in [3.05, 3.63) is 71.8 Å². The second-order valence-electron chi connectivity index (χ2n) is 5.84. The summed E-state index contributed by atoms with van der Waals surface area (Å²) in [5, 5.41) is 15.0. The summed E-state index contributed by atoms with van der Waals surface area (Å²) < 4.78 is 9.64. The molecule has 0 radical (unpaired) electrons. The smallest absolute Gasteiger partial charge is 0.407 e. The van der Waals surface area contributed by atoms with Crippen molar-refractivity contribution in [1.82, 2.24) is 10.6 Å². The van der Waals surface area contributed by atoms with Crippen molar-refractivity contribution >= 4 is 18.0 Å². The molecule has 2 rings (SSSR count). The topological polar surface area (TPSA) is 114 Å². The Hall–Kier alpha value is -3.39. The molecule has 148 valence electrons. The van der Waals surface area contributed by atoms with Crippen LogP contribution in [0.2, 0.25) is 0 Å². The largest absolute Gasteiger partial charge is 0.467 e. The Morgan fingerprint density at radius 2 is 1.61 bits per heavy atom. The molecule has 0 aromatic heterocycles. The first-order valence-electron chi connectivity index (χ1n) is 8.56. The molecule has 0 aliphatic rings. The Balaban J connectivity index is 1.85. The third-order valence-corrected chi connectivity index (χ3v) is 3.83. The molecule has 0 heterocycles. The molecule has 2 aromatic carbocycles. The molecule has 2 aromatic rings. The number of benzene rings is 2. The predicted octanol–water partition coefficient (Wildman–Crippen LogP) is 1.30. The van der Waals surface area contributed by atoms with Crippen LogP contribution in [0, 0.1) is 0 Å². The molecule has 8 nitrogen and oxygen atoms in total. The van der Waals surface area contributed by atoms with Gasteiger partial charge in [0.25, 0.3) is 0 Å². The lowest BCUT2D eigenvalue weighted by Gasteiger charge is -2.22. The number of amides is 2. The molecular formula is C20H22N2O6. The number of hydrogen-bond acceptors (Lipinski definition) is 6. The Kier molecular flexibility index (Phi) is 7.98. The van der Waals surface area contributed by atoms with Gasteiger partial charge in [-0.3, -0.25) is 4.79 Å². The first-order chi connectivity index (χ1) is 13.5. The van der Waals surface area contributed by atoms with Gasteiger partial charge in [0.1, 0.15) is 19.3 Å². The Labute approximate surface area is 162 Å². The van der Waals surface area contributed by atoms with Crippen LogP contribution in [0.5, 0.6) is 0 Å². The highest BCUT2D eigenvalue weighted by Gasteiger charge is 2.30. The second-order valence-corrected chi connectivity index (χ2v) is 5.84. The molecule has 3 N–H and O–H groups in total. The van der Waals surface area contributed by atoms with Gasteiger partial charge < -0.3 is 25.2 Å². The minimum atomic E-state index is -1.32. The maximum atomic E-state index is 12.1. The minimum Gasteiger partial charge on any atom is -0.467 e. The number of carbonyl (C=O) groups excluding carboxylic acids is 3. The van der Waals surface area contributed by atoms with Gasteiger partial charge in [0.05, 0.1) is 7.11 Å². The normalized spacial score (nSPS) is 12.4. The molecule has 0 fully saturated rings. The van der Waals surface area contributed by atoms with Gasteiger partial charge >= 0.3 is 12.1 Å². The highest BCUT2D eigenvalue weighted by Crippen LogP contribution is 2.17. The van der Waals surface area contributed by atoms with Gasteiger partial charge in [-0.05, 0) is 11.1 Å². The van der Waals surface area contributed by atoms with Crippen molar-refractivity contribution < 1.29 is 29.0 Å². The van der Waals surface area contributed by atoms with E-state index in [-0.39, 0.29) is 6.61 Å². The first-order valence-corrected chi connectivity index (χ1v) is 8.56. The van der Waals surface area contributed by atoms with E-state index in [0.29, 0.717) is 5.56 Å². The summed E-state index contributed by atoms with van der Waals surface area (Å²) in [5.74, 6) is -1.49. The first kappa shape index (κ1) is 20.9. The average Bonchev–Trinajstić information content (AvgIpc) is 2.75. The maximum Gasteiger partial charge on any atom is 0.407 e. The summed E-state index contributed by atoms with van der Waals surface area (Å²) in [6.07, 6.45) is -2.08. The summed E-state index contributed by atoms with van der Waals surface area (Å²) in [7, 11) is 1.15. The summed E-state index contributed by atoms with van der Waals surface area (Å²) in [6, 6.07) is 16.1. The quantitative estimate of drug-likeness (QED) is 0.590. The molecule has 0 spiro atoms. The third kappa shape index (κ3) is 6.40. The van der Waals surface area contributed by atoms with E-state index in [0.717, 1.165) is 12.7 Å². The van der Waals surface area contributed by atoms with Gasteiger partial charge in [-0.15, -0.1) is 0 Å². The summed E-state index contributed by atoms with van der Waals surface area (Å²) in [5.41, 5.74) is 1.24. The van der Waals surface area contributed by atoms with E-state index in [1.54, 1.807) is 42.5 Å². The van der Waals surface area contributed by atoms with Crippen LogP contribution in [-0.2, 0) is 25.7 Å². The number of nitrogens with one attached hydrogen (secondary N) is 2. The molecule has 0 aliphatic heterocycles. The summed E-state index contributed by atoms with van der Waals surface area (Å²) in [6.45, 7) is -0.367. The van der Waals surface area contributed by atoms with Gasteiger partial charge in [0.2, 0.25) is 5.91 Å². The number of hydrogen-bond donors (Lipinski definition) is 3. The summed E-state index contributed by atoms with van der Waals surface area (Å²) in [4.78, 5) is 35.7. The van der Waals surface area contributed by atoms with Crippen LogP contribution >= 0.6 is 0 Å². The minimum absolute atomic E-state index is 0.0613.